The van der Waals surface area contributed by atoms with Crippen LogP contribution in [0.25, 0.3) is 0 Å². The van der Waals surface area contributed by atoms with Crippen molar-refractivity contribution in [3.05, 3.63) is 28.8 Å². The summed E-state index contributed by atoms with van der Waals surface area (Å²) in [6, 6.07) is 4.51. The van der Waals surface area contributed by atoms with E-state index in [9.17, 15) is 0 Å². The lowest BCUT2D eigenvalue weighted by Gasteiger charge is -2.31. The number of rotatable bonds is 3. The SMILES string of the molecule is CCC[C@H]1Cc2cc(C)c(OC)cc21. The van der Waals surface area contributed by atoms with Crippen LogP contribution in [0.4, 0.5) is 0 Å². The predicted octanol–water partition coefficient (Wildman–Crippen LogP) is 3.44. The maximum absolute atomic E-state index is 5.34. The van der Waals surface area contributed by atoms with Gasteiger partial charge in [0.05, 0.1) is 7.11 Å². The van der Waals surface area contributed by atoms with Gasteiger partial charge in [0.25, 0.3) is 0 Å². The molecule has 0 saturated carbocycles. The van der Waals surface area contributed by atoms with Gasteiger partial charge in [0.1, 0.15) is 5.75 Å². The molecule has 0 N–H and O–H groups in total. The van der Waals surface area contributed by atoms with Crippen molar-refractivity contribution in [2.45, 2.75) is 39.0 Å². The molecule has 1 atom stereocenters. The van der Waals surface area contributed by atoms with Gasteiger partial charge in [-0.25, -0.2) is 0 Å². The molecule has 0 heterocycles. The van der Waals surface area contributed by atoms with Gasteiger partial charge < -0.3 is 4.74 Å². The molecule has 1 aromatic rings. The van der Waals surface area contributed by atoms with Gasteiger partial charge in [0.15, 0.2) is 0 Å². The number of fused-ring (bicyclic) bond motifs is 1. The molecule has 1 aliphatic rings. The Morgan fingerprint density at radius 2 is 2.21 bits per heavy atom. The summed E-state index contributed by atoms with van der Waals surface area (Å²) < 4.78 is 5.34. The van der Waals surface area contributed by atoms with Crippen molar-refractivity contribution in [1.29, 1.82) is 0 Å². The molecular formula is C13H18O. The molecule has 14 heavy (non-hydrogen) atoms. The molecule has 2 rings (SSSR count). The Morgan fingerprint density at radius 3 is 2.86 bits per heavy atom. The quantitative estimate of drug-likeness (QED) is 0.709. The first-order valence-electron chi connectivity index (χ1n) is 5.43. The van der Waals surface area contributed by atoms with Gasteiger partial charge in [-0.1, -0.05) is 19.4 Å². The van der Waals surface area contributed by atoms with Crippen molar-refractivity contribution >= 4 is 0 Å². The standard InChI is InChI=1S/C13H18O/c1-4-5-10-7-11-6-9(2)13(14-3)8-12(10)11/h6,8,10H,4-5,7H2,1-3H3/t10-/m0/s1. The molecule has 0 fully saturated rings. The van der Waals surface area contributed by atoms with Gasteiger partial charge >= 0.3 is 0 Å². The van der Waals surface area contributed by atoms with Crippen molar-refractivity contribution in [3.8, 4) is 5.75 Å². The summed E-state index contributed by atoms with van der Waals surface area (Å²) >= 11 is 0. The number of methoxy groups -OCH3 is 1. The number of hydrogen-bond acceptors (Lipinski definition) is 1. The molecule has 0 amide bonds. The Bertz CT molecular complexity index is 341. The van der Waals surface area contributed by atoms with Crippen LogP contribution in [0.15, 0.2) is 12.1 Å². The van der Waals surface area contributed by atoms with Crippen molar-refractivity contribution in [2.24, 2.45) is 0 Å². The summed E-state index contributed by atoms with van der Waals surface area (Å²) in [7, 11) is 1.75. The lowest BCUT2D eigenvalue weighted by atomic mass is 9.74. The fourth-order valence-electron chi connectivity index (χ4n) is 2.39. The lowest BCUT2D eigenvalue weighted by Crippen LogP contribution is -2.17. The number of benzene rings is 1. The molecule has 1 aromatic carbocycles. The Kier molecular flexibility index (Phi) is 2.49. The van der Waals surface area contributed by atoms with Crippen molar-refractivity contribution < 1.29 is 4.74 Å². The van der Waals surface area contributed by atoms with Crippen molar-refractivity contribution in [2.75, 3.05) is 7.11 Å². The van der Waals surface area contributed by atoms with Crippen LogP contribution < -0.4 is 4.74 Å². The first-order valence-corrected chi connectivity index (χ1v) is 5.43. The van der Waals surface area contributed by atoms with Gasteiger partial charge in [-0.05, 0) is 48.4 Å². The topological polar surface area (TPSA) is 9.23 Å². The molecule has 0 aliphatic heterocycles. The third-order valence-corrected chi connectivity index (χ3v) is 3.20. The second-order valence-corrected chi connectivity index (χ2v) is 4.21. The maximum atomic E-state index is 5.34. The number of aryl methyl sites for hydroxylation is 1. The summed E-state index contributed by atoms with van der Waals surface area (Å²) in [4.78, 5) is 0. The van der Waals surface area contributed by atoms with Crippen LogP contribution in [0, 0.1) is 6.92 Å². The number of hydrogen-bond donors (Lipinski definition) is 0. The van der Waals surface area contributed by atoms with Gasteiger partial charge in [0, 0.05) is 0 Å². The molecule has 0 spiro atoms. The third-order valence-electron chi connectivity index (χ3n) is 3.20. The Morgan fingerprint density at radius 1 is 1.43 bits per heavy atom. The van der Waals surface area contributed by atoms with Gasteiger partial charge in [-0.2, -0.15) is 0 Å². The highest BCUT2D eigenvalue weighted by Gasteiger charge is 2.26. The second kappa shape index (κ2) is 3.64. The minimum Gasteiger partial charge on any atom is -0.496 e. The number of ether oxygens (including phenoxy) is 1. The summed E-state index contributed by atoms with van der Waals surface area (Å²) in [5.74, 6) is 1.84. The van der Waals surface area contributed by atoms with E-state index in [1.807, 2.05) is 0 Å². The van der Waals surface area contributed by atoms with Crippen LogP contribution in [-0.4, -0.2) is 7.11 Å². The van der Waals surface area contributed by atoms with Gasteiger partial charge in [-0.15, -0.1) is 0 Å². The highest BCUT2D eigenvalue weighted by atomic mass is 16.5. The van der Waals surface area contributed by atoms with E-state index in [-0.39, 0.29) is 0 Å². The summed E-state index contributed by atoms with van der Waals surface area (Å²) in [5, 5.41) is 0. The summed E-state index contributed by atoms with van der Waals surface area (Å²) in [6.07, 6.45) is 3.87. The molecule has 0 bridgehead atoms. The summed E-state index contributed by atoms with van der Waals surface area (Å²) in [5.41, 5.74) is 4.32. The highest BCUT2D eigenvalue weighted by molar-refractivity contribution is 5.49. The van der Waals surface area contributed by atoms with E-state index in [0.717, 1.165) is 11.7 Å². The zero-order chi connectivity index (χ0) is 10.1. The predicted molar refractivity (Wildman–Crippen MR) is 59.1 cm³/mol. The zero-order valence-electron chi connectivity index (χ0n) is 9.26. The smallest absolute Gasteiger partial charge is 0.122 e. The van der Waals surface area contributed by atoms with Gasteiger partial charge in [-0.3, -0.25) is 0 Å². The van der Waals surface area contributed by atoms with Crippen LogP contribution >= 0.6 is 0 Å². The molecule has 1 heteroatoms. The van der Waals surface area contributed by atoms with Crippen LogP contribution in [0.2, 0.25) is 0 Å². The van der Waals surface area contributed by atoms with E-state index in [4.69, 9.17) is 4.74 Å². The highest BCUT2D eigenvalue weighted by Crippen LogP contribution is 2.41. The monoisotopic (exact) mass is 190 g/mol. The molecule has 0 saturated heterocycles. The molecular weight excluding hydrogens is 172 g/mol. The van der Waals surface area contributed by atoms with Crippen LogP contribution in [-0.2, 0) is 6.42 Å². The lowest BCUT2D eigenvalue weighted by molar-refractivity contribution is 0.408. The Labute approximate surface area is 86.1 Å². The van der Waals surface area contributed by atoms with Gasteiger partial charge in [0.2, 0.25) is 0 Å². The van der Waals surface area contributed by atoms with Crippen LogP contribution in [0.1, 0.15) is 42.4 Å². The van der Waals surface area contributed by atoms with E-state index < -0.39 is 0 Å². The molecule has 1 nitrogen and oxygen atoms in total. The fraction of sp³-hybridized carbons (Fsp3) is 0.538. The minimum absolute atomic E-state index is 0.796. The average molecular weight is 190 g/mol. The van der Waals surface area contributed by atoms with E-state index >= 15 is 0 Å². The molecule has 0 aromatic heterocycles. The van der Waals surface area contributed by atoms with Crippen LogP contribution in [0.3, 0.4) is 0 Å². The van der Waals surface area contributed by atoms with E-state index in [1.54, 1.807) is 7.11 Å². The third kappa shape index (κ3) is 1.41. The molecule has 0 radical (unpaired) electrons. The van der Waals surface area contributed by atoms with Crippen molar-refractivity contribution in [1.82, 2.24) is 0 Å². The largest absolute Gasteiger partial charge is 0.496 e. The zero-order valence-corrected chi connectivity index (χ0v) is 9.26. The second-order valence-electron chi connectivity index (χ2n) is 4.21. The summed E-state index contributed by atoms with van der Waals surface area (Å²) in [6.45, 7) is 4.37. The molecule has 0 unspecified atom stereocenters. The molecule has 76 valence electrons. The average Bonchev–Trinajstić information content (AvgIpc) is 2.16. The molecule has 1 aliphatic carbocycles. The fourth-order valence-corrected chi connectivity index (χ4v) is 2.39. The normalized spacial score (nSPS) is 18.6. The van der Waals surface area contributed by atoms with Crippen LogP contribution in [0.5, 0.6) is 5.75 Å². The first kappa shape index (κ1) is 9.57. The van der Waals surface area contributed by atoms with Crippen molar-refractivity contribution in [3.63, 3.8) is 0 Å². The Balaban J connectivity index is 2.27. The maximum Gasteiger partial charge on any atom is 0.122 e. The first-order chi connectivity index (χ1) is 6.76. The Hall–Kier alpha value is -0.980. The van der Waals surface area contributed by atoms with E-state index in [1.165, 1.54) is 36.0 Å². The van der Waals surface area contributed by atoms with E-state index in [0.29, 0.717) is 0 Å². The minimum atomic E-state index is 0.796. The van der Waals surface area contributed by atoms with E-state index in [2.05, 4.69) is 26.0 Å².